The van der Waals surface area contributed by atoms with Crippen LogP contribution in [-0.4, -0.2) is 24.9 Å². The van der Waals surface area contributed by atoms with E-state index in [1.165, 1.54) is 14.5 Å². The first kappa shape index (κ1) is 6.93. The maximum absolute atomic E-state index is 10.6. The lowest BCUT2D eigenvalue weighted by Gasteiger charge is -1.96. The van der Waals surface area contributed by atoms with Gasteiger partial charge in [0, 0.05) is 0 Å². The maximum Gasteiger partial charge on any atom is 0.397 e. The largest absolute Gasteiger partial charge is 0.476 e. The van der Waals surface area contributed by atoms with E-state index in [0.717, 1.165) is 0 Å². The molecule has 0 aliphatic rings. The molecule has 10 heavy (non-hydrogen) atoms. The van der Waals surface area contributed by atoms with Crippen molar-refractivity contribution in [3.63, 3.8) is 0 Å². The van der Waals surface area contributed by atoms with Gasteiger partial charge < -0.3 is 9.21 Å². The molecule has 1 radical (unpaired) electrons. The minimum atomic E-state index is -0.351. The molecule has 1 rings (SSSR count). The molecule has 0 N–H and O–H groups in total. The summed E-state index contributed by atoms with van der Waals surface area (Å²) in [6, 6.07) is 3.67. The number of nitrogens with zero attached hydrogens (tertiary/aromatic N) is 1. The van der Waals surface area contributed by atoms with Crippen molar-refractivity contribution in [1.29, 1.82) is 0 Å². The van der Waals surface area contributed by atoms with Crippen molar-refractivity contribution in [2.75, 3.05) is 7.11 Å². The zero-order valence-electron chi connectivity index (χ0n) is 5.65. The van der Waals surface area contributed by atoms with Crippen molar-refractivity contribution in [2.24, 2.45) is 0 Å². The molecule has 1 aromatic rings. The lowest BCUT2D eigenvalue weighted by molar-refractivity contribution is 0.197. The lowest BCUT2D eigenvalue weighted by atomic mass is 9.95. The summed E-state index contributed by atoms with van der Waals surface area (Å²) in [6.45, 7) is 0. The number of hydrogen-bond acceptors (Lipinski definition) is 2. The van der Waals surface area contributed by atoms with Gasteiger partial charge >= 0.3 is 7.41 Å². The highest BCUT2D eigenvalue weighted by atomic mass is 16.5. The molecule has 0 aliphatic carbocycles. The van der Waals surface area contributed by atoms with Crippen LogP contribution in [0.1, 0.15) is 0 Å². The zero-order chi connectivity index (χ0) is 7.40. The summed E-state index contributed by atoms with van der Waals surface area (Å²) in [4.78, 5) is 10.6. The van der Waals surface area contributed by atoms with Crippen LogP contribution in [0.3, 0.4) is 0 Å². The van der Waals surface area contributed by atoms with Gasteiger partial charge in [-0.3, -0.25) is 4.79 Å². The summed E-state index contributed by atoms with van der Waals surface area (Å²) in [5.74, 6) is -0.351. The molecule has 0 saturated carbocycles. The standard InChI is InChI=1S/C6H7BNO2/c1-10-6(9)7-8-4-2-3-5-8/h2-5H,1H3. The Balaban J connectivity index is 2.48. The fourth-order valence-corrected chi connectivity index (χ4v) is 0.608. The second kappa shape index (κ2) is 3.10. The van der Waals surface area contributed by atoms with E-state index in [1.807, 2.05) is 12.1 Å². The molecule has 4 heteroatoms. The SMILES string of the molecule is COC(=O)[B]n1cccc1. The predicted octanol–water partition coefficient (Wildman–Crippen LogP) is 0.722. The second-order valence-electron chi connectivity index (χ2n) is 1.78. The van der Waals surface area contributed by atoms with Crippen molar-refractivity contribution in [1.82, 2.24) is 4.48 Å². The van der Waals surface area contributed by atoms with Crippen LogP contribution in [0, 0.1) is 0 Å². The number of ether oxygens (including phenoxy) is 1. The van der Waals surface area contributed by atoms with Crippen molar-refractivity contribution in [3.8, 4) is 0 Å². The summed E-state index contributed by atoms with van der Waals surface area (Å²) in [7, 11) is 2.71. The summed E-state index contributed by atoms with van der Waals surface area (Å²) in [6.07, 6.45) is 3.52. The Morgan fingerprint density at radius 2 is 2.10 bits per heavy atom. The Bertz CT molecular complexity index is 208. The van der Waals surface area contributed by atoms with Gasteiger partial charge in [0.1, 0.15) is 0 Å². The Kier molecular flexibility index (Phi) is 2.15. The summed E-state index contributed by atoms with van der Waals surface area (Å²) < 4.78 is 6.04. The van der Waals surface area contributed by atoms with E-state index in [1.54, 1.807) is 16.9 Å². The predicted molar refractivity (Wildman–Crippen MR) is 38.0 cm³/mol. The minimum absolute atomic E-state index is 0.351. The van der Waals surface area contributed by atoms with E-state index in [0.29, 0.717) is 0 Å². The Hall–Kier alpha value is -1.19. The minimum Gasteiger partial charge on any atom is -0.476 e. The number of methoxy groups -OCH3 is 1. The fourth-order valence-electron chi connectivity index (χ4n) is 0.608. The molecule has 0 bridgehead atoms. The van der Waals surface area contributed by atoms with Crippen molar-refractivity contribution in [2.45, 2.75) is 0 Å². The van der Waals surface area contributed by atoms with E-state index in [-0.39, 0.29) is 5.87 Å². The number of carbonyl (C=O) groups excluding carboxylic acids is 1. The lowest BCUT2D eigenvalue weighted by Crippen LogP contribution is -2.16. The first-order valence-electron chi connectivity index (χ1n) is 2.88. The van der Waals surface area contributed by atoms with Gasteiger partial charge in [0.25, 0.3) is 5.87 Å². The maximum atomic E-state index is 10.6. The second-order valence-corrected chi connectivity index (χ2v) is 1.78. The third-order valence-corrected chi connectivity index (χ3v) is 1.08. The van der Waals surface area contributed by atoms with E-state index in [4.69, 9.17) is 0 Å². The summed E-state index contributed by atoms with van der Waals surface area (Å²) in [5.41, 5.74) is 0. The molecule has 0 unspecified atom stereocenters. The average molecular weight is 136 g/mol. The van der Waals surface area contributed by atoms with Crippen LogP contribution < -0.4 is 0 Å². The van der Waals surface area contributed by atoms with Gasteiger partial charge in [0.15, 0.2) is 0 Å². The molecule has 1 heterocycles. The van der Waals surface area contributed by atoms with Crippen LogP contribution in [0.2, 0.25) is 0 Å². The monoisotopic (exact) mass is 136 g/mol. The first-order chi connectivity index (χ1) is 4.83. The molecular formula is C6H7BNO2. The first-order valence-corrected chi connectivity index (χ1v) is 2.88. The van der Waals surface area contributed by atoms with Crippen LogP contribution in [-0.2, 0) is 4.74 Å². The van der Waals surface area contributed by atoms with E-state index in [2.05, 4.69) is 4.74 Å². The molecule has 0 fully saturated rings. The van der Waals surface area contributed by atoms with Gasteiger partial charge in [0.05, 0.1) is 7.11 Å². The van der Waals surface area contributed by atoms with Gasteiger partial charge in [-0.05, 0) is 24.5 Å². The molecule has 1 aromatic heterocycles. The summed E-state index contributed by atoms with van der Waals surface area (Å²) in [5, 5.41) is 0. The van der Waals surface area contributed by atoms with Crippen LogP contribution >= 0.6 is 0 Å². The van der Waals surface area contributed by atoms with E-state index in [9.17, 15) is 4.79 Å². The molecule has 3 nitrogen and oxygen atoms in total. The molecular weight excluding hydrogens is 129 g/mol. The van der Waals surface area contributed by atoms with Crippen molar-refractivity contribution in [3.05, 3.63) is 24.5 Å². The van der Waals surface area contributed by atoms with Crippen molar-refractivity contribution < 1.29 is 9.53 Å². The van der Waals surface area contributed by atoms with Crippen LogP contribution in [0.4, 0.5) is 4.79 Å². The van der Waals surface area contributed by atoms with E-state index < -0.39 is 0 Å². The molecule has 0 amide bonds. The highest BCUT2D eigenvalue weighted by molar-refractivity contribution is 6.70. The average Bonchev–Trinajstić information content (AvgIpc) is 2.40. The van der Waals surface area contributed by atoms with Crippen LogP contribution in [0.25, 0.3) is 0 Å². The van der Waals surface area contributed by atoms with Crippen LogP contribution in [0.5, 0.6) is 0 Å². The number of carbonyl (C=O) groups is 1. The smallest absolute Gasteiger partial charge is 0.397 e. The van der Waals surface area contributed by atoms with Gasteiger partial charge in [-0.1, -0.05) is 0 Å². The highest BCUT2D eigenvalue weighted by Gasteiger charge is 2.03. The summed E-state index contributed by atoms with van der Waals surface area (Å²) >= 11 is 0. The van der Waals surface area contributed by atoms with E-state index >= 15 is 0 Å². The van der Waals surface area contributed by atoms with Gasteiger partial charge in [-0.2, -0.15) is 0 Å². The Morgan fingerprint density at radius 1 is 1.50 bits per heavy atom. The van der Waals surface area contributed by atoms with Crippen molar-refractivity contribution >= 4 is 13.3 Å². The zero-order valence-corrected chi connectivity index (χ0v) is 5.65. The van der Waals surface area contributed by atoms with Gasteiger partial charge in [-0.15, -0.1) is 0 Å². The topological polar surface area (TPSA) is 31.2 Å². The highest BCUT2D eigenvalue weighted by Crippen LogP contribution is 1.86. The number of rotatable bonds is 2. The fraction of sp³-hybridized carbons (Fsp3) is 0.167. The molecule has 51 valence electrons. The number of aromatic nitrogens is 1. The molecule has 0 aromatic carbocycles. The molecule has 0 saturated heterocycles. The number of hydrogen-bond donors (Lipinski definition) is 0. The molecule has 0 aliphatic heterocycles. The Morgan fingerprint density at radius 3 is 2.60 bits per heavy atom. The van der Waals surface area contributed by atoms with Crippen LogP contribution in [0.15, 0.2) is 24.5 Å². The third-order valence-electron chi connectivity index (χ3n) is 1.08. The normalized spacial score (nSPS) is 8.90. The quantitative estimate of drug-likeness (QED) is 0.561. The molecule has 0 atom stereocenters. The Labute approximate surface area is 59.9 Å². The van der Waals surface area contributed by atoms with Gasteiger partial charge in [-0.25, -0.2) is 0 Å². The molecule has 0 spiro atoms. The third kappa shape index (κ3) is 1.65. The van der Waals surface area contributed by atoms with Gasteiger partial charge in [0.2, 0.25) is 0 Å².